The molecule has 0 unspecified atom stereocenters. The predicted molar refractivity (Wildman–Crippen MR) is 59.3 cm³/mol. The Bertz CT molecular complexity index is 595. The number of rotatable bonds is 3. The lowest BCUT2D eigenvalue weighted by atomic mass is 10.2. The molecule has 0 aliphatic carbocycles. The van der Waals surface area contributed by atoms with E-state index in [1.165, 1.54) is 0 Å². The van der Waals surface area contributed by atoms with Crippen molar-refractivity contribution in [2.75, 3.05) is 6.61 Å². The van der Waals surface area contributed by atoms with Crippen LogP contribution in [0.4, 0.5) is 0 Å². The first-order chi connectivity index (χ1) is 8.26. The first kappa shape index (κ1) is 11.1. The molecule has 86 valence electrons. The van der Waals surface area contributed by atoms with E-state index < -0.39 is 5.97 Å². The van der Waals surface area contributed by atoms with Gasteiger partial charge in [0.1, 0.15) is 11.9 Å². The van der Waals surface area contributed by atoms with E-state index in [1.807, 2.05) is 6.07 Å². The van der Waals surface area contributed by atoms with Crippen LogP contribution in [0.1, 0.15) is 23.2 Å². The number of carbonyl (C=O) groups excluding carboxylic acids is 1. The fourth-order valence-electron chi connectivity index (χ4n) is 1.51. The van der Waals surface area contributed by atoms with Gasteiger partial charge in [0.25, 0.3) is 0 Å². The van der Waals surface area contributed by atoms with Crippen molar-refractivity contribution in [3.05, 3.63) is 29.7 Å². The van der Waals surface area contributed by atoms with Crippen molar-refractivity contribution in [2.24, 2.45) is 0 Å². The molecule has 0 saturated carbocycles. The summed E-state index contributed by atoms with van der Waals surface area (Å²) in [4.78, 5) is 15.8. The first-order valence-electron chi connectivity index (χ1n) is 5.18. The van der Waals surface area contributed by atoms with E-state index in [4.69, 9.17) is 14.4 Å². The molecule has 5 nitrogen and oxygen atoms in total. The minimum atomic E-state index is -0.435. The van der Waals surface area contributed by atoms with Crippen LogP contribution >= 0.6 is 0 Å². The third-order valence-corrected chi connectivity index (χ3v) is 2.19. The van der Waals surface area contributed by atoms with Gasteiger partial charge in [-0.05, 0) is 19.1 Å². The van der Waals surface area contributed by atoms with Gasteiger partial charge in [0, 0.05) is 0 Å². The molecular formula is C12H10N2O3. The van der Waals surface area contributed by atoms with Gasteiger partial charge >= 0.3 is 5.97 Å². The second-order valence-electron chi connectivity index (χ2n) is 3.32. The Kier molecular flexibility index (Phi) is 3.06. The number of carbonyl (C=O) groups is 1. The van der Waals surface area contributed by atoms with Crippen LogP contribution in [0.5, 0.6) is 0 Å². The molecule has 1 heterocycles. The van der Waals surface area contributed by atoms with Crippen LogP contribution < -0.4 is 0 Å². The van der Waals surface area contributed by atoms with Crippen LogP contribution in [0, 0.1) is 11.3 Å². The van der Waals surface area contributed by atoms with E-state index in [9.17, 15) is 4.79 Å². The molecule has 1 aromatic carbocycles. The summed E-state index contributed by atoms with van der Waals surface area (Å²) in [7, 11) is 0. The number of nitriles is 1. The van der Waals surface area contributed by atoms with Crippen molar-refractivity contribution in [1.29, 1.82) is 5.26 Å². The quantitative estimate of drug-likeness (QED) is 0.754. The van der Waals surface area contributed by atoms with Gasteiger partial charge in [-0.3, -0.25) is 0 Å². The Morgan fingerprint density at radius 3 is 3.12 bits per heavy atom. The molecule has 0 bridgehead atoms. The SMILES string of the molecule is CCOC(=O)c1cccc2oc(CC#N)nc12. The van der Waals surface area contributed by atoms with Crippen LogP contribution in [0.25, 0.3) is 11.1 Å². The normalized spacial score (nSPS) is 10.1. The number of nitrogens with zero attached hydrogens (tertiary/aromatic N) is 2. The Labute approximate surface area is 97.6 Å². The second-order valence-corrected chi connectivity index (χ2v) is 3.32. The monoisotopic (exact) mass is 230 g/mol. The summed E-state index contributed by atoms with van der Waals surface area (Å²) in [6.07, 6.45) is 0.0803. The highest BCUT2D eigenvalue weighted by molar-refractivity contribution is 6.01. The van der Waals surface area contributed by atoms with Gasteiger partial charge in [-0.15, -0.1) is 0 Å². The summed E-state index contributed by atoms with van der Waals surface area (Å²) >= 11 is 0. The van der Waals surface area contributed by atoms with Crippen LogP contribution in [0.2, 0.25) is 0 Å². The molecule has 5 heteroatoms. The molecular weight excluding hydrogens is 220 g/mol. The maximum Gasteiger partial charge on any atom is 0.340 e. The van der Waals surface area contributed by atoms with E-state index >= 15 is 0 Å². The molecule has 0 amide bonds. The number of fused-ring (bicyclic) bond motifs is 1. The highest BCUT2D eigenvalue weighted by atomic mass is 16.5. The number of esters is 1. The van der Waals surface area contributed by atoms with Gasteiger partial charge in [0.2, 0.25) is 5.89 Å². The van der Waals surface area contributed by atoms with Gasteiger partial charge in [-0.25, -0.2) is 9.78 Å². The second kappa shape index (κ2) is 4.66. The van der Waals surface area contributed by atoms with Crippen LogP contribution in [-0.4, -0.2) is 17.6 Å². The topological polar surface area (TPSA) is 76.1 Å². The molecule has 0 aliphatic rings. The highest BCUT2D eigenvalue weighted by Crippen LogP contribution is 2.20. The number of hydrogen-bond donors (Lipinski definition) is 0. The van der Waals surface area contributed by atoms with Crippen molar-refractivity contribution >= 4 is 17.1 Å². The number of oxazole rings is 1. The van der Waals surface area contributed by atoms with Crippen molar-refractivity contribution in [3.63, 3.8) is 0 Å². The number of hydrogen-bond acceptors (Lipinski definition) is 5. The molecule has 0 saturated heterocycles. The van der Waals surface area contributed by atoms with Crippen LogP contribution in [-0.2, 0) is 11.2 Å². The minimum Gasteiger partial charge on any atom is -0.462 e. The molecule has 0 atom stereocenters. The maximum absolute atomic E-state index is 11.7. The number of para-hydroxylation sites is 1. The molecule has 1 aromatic heterocycles. The van der Waals surface area contributed by atoms with Gasteiger partial charge in [-0.1, -0.05) is 6.07 Å². The largest absolute Gasteiger partial charge is 0.462 e. The van der Waals surface area contributed by atoms with Crippen molar-refractivity contribution in [2.45, 2.75) is 13.3 Å². The van der Waals surface area contributed by atoms with Gasteiger partial charge in [0.05, 0.1) is 18.2 Å². The lowest BCUT2D eigenvalue weighted by Crippen LogP contribution is -2.05. The Balaban J connectivity index is 2.49. The van der Waals surface area contributed by atoms with E-state index in [0.29, 0.717) is 29.2 Å². The zero-order valence-electron chi connectivity index (χ0n) is 9.27. The van der Waals surface area contributed by atoms with Crippen LogP contribution in [0.3, 0.4) is 0 Å². The molecule has 2 aromatic rings. The Morgan fingerprint density at radius 2 is 2.41 bits per heavy atom. The fraction of sp³-hybridized carbons (Fsp3) is 0.250. The fourth-order valence-corrected chi connectivity index (χ4v) is 1.51. The Hall–Kier alpha value is -2.35. The average molecular weight is 230 g/mol. The summed E-state index contributed by atoms with van der Waals surface area (Å²) in [5.41, 5.74) is 1.29. The standard InChI is InChI=1S/C12H10N2O3/c1-2-16-12(15)8-4-3-5-9-11(8)14-10(17-9)6-7-13/h3-5H,2,6H2,1H3. The average Bonchev–Trinajstić information content (AvgIpc) is 2.71. The molecule has 0 fully saturated rings. The predicted octanol–water partition coefficient (Wildman–Crippen LogP) is 2.07. The minimum absolute atomic E-state index is 0.0803. The van der Waals surface area contributed by atoms with E-state index in [1.54, 1.807) is 25.1 Å². The third-order valence-electron chi connectivity index (χ3n) is 2.19. The number of aromatic nitrogens is 1. The summed E-state index contributed by atoms with van der Waals surface area (Å²) in [6.45, 7) is 2.04. The summed E-state index contributed by atoms with van der Waals surface area (Å²) in [5.74, 6) is -0.130. The summed E-state index contributed by atoms with van der Waals surface area (Å²) < 4.78 is 10.3. The summed E-state index contributed by atoms with van der Waals surface area (Å²) in [6, 6.07) is 6.96. The lowest BCUT2D eigenvalue weighted by Gasteiger charge is -2.00. The van der Waals surface area contributed by atoms with Gasteiger partial charge in [0.15, 0.2) is 5.58 Å². The highest BCUT2D eigenvalue weighted by Gasteiger charge is 2.15. The smallest absolute Gasteiger partial charge is 0.340 e. The number of ether oxygens (including phenoxy) is 1. The Morgan fingerprint density at radius 1 is 1.59 bits per heavy atom. The molecule has 0 N–H and O–H groups in total. The van der Waals surface area contributed by atoms with E-state index in [2.05, 4.69) is 4.98 Å². The first-order valence-corrected chi connectivity index (χ1v) is 5.18. The third kappa shape index (κ3) is 2.11. The molecule has 0 aliphatic heterocycles. The molecule has 0 spiro atoms. The zero-order chi connectivity index (χ0) is 12.3. The zero-order valence-corrected chi connectivity index (χ0v) is 9.27. The van der Waals surface area contributed by atoms with Gasteiger partial charge in [-0.2, -0.15) is 5.26 Å². The van der Waals surface area contributed by atoms with Gasteiger partial charge < -0.3 is 9.15 Å². The molecule has 0 radical (unpaired) electrons. The summed E-state index contributed by atoms with van der Waals surface area (Å²) in [5, 5.41) is 8.57. The maximum atomic E-state index is 11.7. The number of benzene rings is 1. The van der Waals surface area contributed by atoms with Crippen LogP contribution in [0.15, 0.2) is 22.6 Å². The van der Waals surface area contributed by atoms with E-state index in [0.717, 1.165) is 0 Å². The lowest BCUT2D eigenvalue weighted by molar-refractivity contribution is 0.0528. The van der Waals surface area contributed by atoms with Crippen molar-refractivity contribution in [3.8, 4) is 6.07 Å². The van der Waals surface area contributed by atoms with Crippen molar-refractivity contribution in [1.82, 2.24) is 4.98 Å². The molecule has 17 heavy (non-hydrogen) atoms. The van der Waals surface area contributed by atoms with E-state index in [-0.39, 0.29) is 6.42 Å². The molecule has 2 rings (SSSR count). The van der Waals surface area contributed by atoms with Crippen molar-refractivity contribution < 1.29 is 13.9 Å².